The molecule has 0 saturated heterocycles. The van der Waals surface area contributed by atoms with Crippen molar-refractivity contribution < 1.29 is 9.84 Å². The molecule has 0 amide bonds. The summed E-state index contributed by atoms with van der Waals surface area (Å²) in [5.41, 5.74) is 0. The van der Waals surface area contributed by atoms with Crippen LogP contribution in [0.15, 0.2) is 0 Å². The quantitative estimate of drug-likeness (QED) is 0.640. The fourth-order valence-corrected chi connectivity index (χ4v) is 1.63. The summed E-state index contributed by atoms with van der Waals surface area (Å²) in [6.45, 7) is 8.83. The molecule has 0 spiro atoms. The first kappa shape index (κ1) is 14.9. The van der Waals surface area contributed by atoms with Crippen molar-refractivity contribution in [1.82, 2.24) is 4.90 Å². The molecule has 0 aromatic carbocycles. The van der Waals surface area contributed by atoms with Crippen molar-refractivity contribution >= 4 is 0 Å². The molecule has 0 heterocycles. The van der Waals surface area contributed by atoms with Gasteiger partial charge in [0, 0.05) is 19.7 Å². The van der Waals surface area contributed by atoms with Crippen LogP contribution in [0.1, 0.15) is 40.0 Å². The Hall–Kier alpha value is -0.120. The van der Waals surface area contributed by atoms with Gasteiger partial charge in [0.25, 0.3) is 0 Å². The Morgan fingerprint density at radius 3 is 2.47 bits per heavy atom. The van der Waals surface area contributed by atoms with E-state index in [2.05, 4.69) is 25.7 Å². The van der Waals surface area contributed by atoms with E-state index >= 15 is 0 Å². The van der Waals surface area contributed by atoms with E-state index in [1.807, 2.05) is 0 Å². The van der Waals surface area contributed by atoms with Gasteiger partial charge in [-0.3, -0.25) is 4.90 Å². The molecule has 0 fully saturated rings. The topological polar surface area (TPSA) is 32.7 Å². The van der Waals surface area contributed by atoms with E-state index in [0.29, 0.717) is 12.6 Å². The Morgan fingerprint density at radius 1 is 1.33 bits per heavy atom. The number of unbranched alkanes of at least 4 members (excludes halogenated alkanes) is 1. The Bertz CT molecular complexity index is 142. The maximum atomic E-state index is 9.70. The summed E-state index contributed by atoms with van der Waals surface area (Å²) >= 11 is 0. The van der Waals surface area contributed by atoms with Crippen LogP contribution in [0.25, 0.3) is 0 Å². The van der Waals surface area contributed by atoms with E-state index in [0.717, 1.165) is 19.5 Å². The molecule has 1 N–H and O–H groups in total. The normalized spacial score (nSPS) is 15.6. The summed E-state index contributed by atoms with van der Waals surface area (Å²) in [7, 11) is 1.63. The van der Waals surface area contributed by atoms with Crippen LogP contribution < -0.4 is 0 Å². The second-order valence-corrected chi connectivity index (χ2v) is 4.21. The molecule has 0 rings (SSSR count). The Labute approximate surface area is 94.4 Å². The van der Waals surface area contributed by atoms with E-state index < -0.39 is 0 Å². The van der Waals surface area contributed by atoms with Gasteiger partial charge in [-0.1, -0.05) is 20.3 Å². The van der Waals surface area contributed by atoms with Gasteiger partial charge in [0.2, 0.25) is 0 Å². The molecule has 0 aliphatic rings. The zero-order chi connectivity index (χ0) is 11.7. The molecule has 92 valence electrons. The molecule has 3 heteroatoms. The van der Waals surface area contributed by atoms with E-state index in [9.17, 15) is 5.11 Å². The van der Waals surface area contributed by atoms with Crippen LogP contribution in [0, 0.1) is 0 Å². The first-order chi connectivity index (χ1) is 7.15. The summed E-state index contributed by atoms with van der Waals surface area (Å²) in [5, 5.41) is 9.70. The Balaban J connectivity index is 3.98. The van der Waals surface area contributed by atoms with Gasteiger partial charge in [0.05, 0.1) is 12.7 Å². The van der Waals surface area contributed by atoms with Crippen molar-refractivity contribution in [1.29, 1.82) is 0 Å². The van der Waals surface area contributed by atoms with Crippen LogP contribution in [-0.2, 0) is 4.74 Å². The molecule has 0 aromatic rings. The molecule has 2 atom stereocenters. The average molecular weight is 217 g/mol. The molecule has 0 radical (unpaired) electrons. The molecule has 0 bridgehead atoms. The molecule has 3 nitrogen and oxygen atoms in total. The fraction of sp³-hybridized carbons (Fsp3) is 1.00. The summed E-state index contributed by atoms with van der Waals surface area (Å²) in [5.74, 6) is 0. The lowest BCUT2D eigenvalue weighted by Gasteiger charge is -2.30. The smallest absolute Gasteiger partial charge is 0.0900 e. The maximum absolute atomic E-state index is 9.70. The molecule has 15 heavy (non-hydrogen) atoms. The number of nitrogens with zero attached hydrogens (tertiary/aromatic N) is 1. The van der Waals surface area contributed by atoms with Crippen molar-refractivity contribution in [2.24, 2.45) is 0 Å². The number of hydrogen-bond donors (Lipinski definition) is 1. The largest absolute Gasteiger partial charge is 0.389 e. The molecule has 0 aromatic heterocycles. The standard InChI is InChI=1S/C12H27NO2/c1-5-7-8-13(11(3)6-2)9-12(14)10-15-4/h11-12,14H,5-10H2,1-4H3. The third-order valence-corrected chi connectivity index (χ3v) is 2.82. The minimum atomic E-state index is -0.360. The third-order valence-electron chi connectivity index (χ3n) is 2.82. The predicted octanol–water partition coefficient (Wildman–Crippen LogP) is 1.89. The monoisotopic (exact) mass is 217 g/mol. The molecule has 0 saturated carbocycles. The van der Waals surface area contributed by atoms with Gasteiger partial charge in [-0.25, -0.2) is 0 Å². The molecular weight excluding hydrogens is 190 g/mol. The second kappa shape index (κ2) is 9.13. The molecule has 0 aliphatic heterocycles. The highest BCUT2D eigenvalue weighted by atomic mass is 16.5. The van der Waals surface area contributed by atoms with E-state index in [4.69, 9.17) is 4.74 Å². The Kier molecular flexibility index (Phi) is 9.06. The van der Waals surface area contributed by atoms with Crippen LogP contribution in [0.4, 0.5) is 0 Å². The van der Waals surface area contributed by atoms with Gasteiger partial charge < -0.3 is 9.84 Å². The first-order valence-corrected chi connectivity index (χ1v) is 6.06. The number of rotatable bonds is 9. The fourth-order valence-electron chi connectivity index (χ4n) is 1.63. The lowest BCUT2D eigenvalue weighted by Crippen LogP contribution is -2.40. The minimum Gasteiger partial charge on any atom is -0.389 e. The maximum Gasteiger partial charge on any atom is 0.0900 e. The zero-order valence-electron chi connectivity index (χ0n) is 10.7. The first-order valence-electron chi connectivity index (χ1n) is 6.06. The third kappa shape index (κ3) is 6.88. The van der Waals surface area contributed by atoms with Crippen LogP contribution in [-0.4, -0.2) is 49.0 Å². The zero-order valence-corrected chi connectivity index (χ0v) is 10.7. The lowest BCUT2D eigenvalue weighted by atomic mass is 10.2. The van der Waals surface area contributed by atoms with E-state index in [-0.39, 0.29) is 6.10 Å². The average Bonchev–Trinajstić information content (AvgIpc) is 2.23. The van der Waals surface area contributed by atoms with Crippen molar-refractivity contribution in [2.45, 2.75) is 52.2 Å². The van der Waals surface area contributed by atoms with Gasteiger partial charge >= 0.3 is 0 Å². The number of aliphatic hydroxyl groups excluding tert-OH is 1. The summed E-state index contributed by atoms with van der Waals surface area (Å²) < 4.78 is 4.95. The highest BCUT2D eigenvalue weighted by molar-refractivity contribution is 4.69. The number of ether oxygens (including phenoxy) is 1. The Morgan fingerprint density at radius 2 is 2.00 bits per heavy atom. The van der Waals surface area contributed by atoms with Crippen LogP contribution in [0.5, 0.6) is 0 Å². The van der Waals surface area contributed by atoms with Crippen LogP contribution in [0.2, 0.25) is 0 Å². The summed E-state index contributed by atoms with van der Waals surface area (Å²) in [6, 6.07) is 0.544. The van der Waals surface area contributed by atoms with Crippen LogP contribution in [0.3, 0.4) is 0 Å². The predicted molar refractivity (Wildman–Crippen MR) is 64.1 cm³/mol. The van der Waals surface area contributed by atoms with Crippen LogP contribution >= 0.6 is 0 Å². The lowest BCUT2D eigenvalue weighted by molar-refractivity contribution is 0.0276. The van der Waals surface area contributed by atoms with Gasteiger partial charge in [-0.2, -0.15) is 0 Å². The highest BCUT2D eigenvalue weighted by Gasteiger charge is 2.15. The highest BCUT2D eigenvalue weighted by Crippen LogP contribution is 2.06. The van der Waals surface area contributed by atoms with Crippen molar-refractivity contribution in [3.63, 3.8) is 0 Å². The van der Waals surface area contributed by atoms with E-state index in [1.54, 1.807) is 7.11 Å². The summed E-state index contributed by atoms with van der Waals surface area (Å²) in [4.78, 5) is 2.35. The number of methoxy groups -OCH3 is 1. The molecular formula is C12H27NO2. The second-order valence-electron chi connectivity index (χ2n) is 4.21. The minimum absolute atomic E-state index is 0.360. The van der Waals surface area contributed by atoms with Crippen molar-refractivity contribution in [2.75, 3.05) is 26.8 Å². The molecule has 2 unspecified atom stereocenters. The van der Waals surface area contributed by atoms with Crippen molar-refractivity contribution in [3.8, 4) is 0 Å². The SMILES string of the molecule is CCCCN(CC(O)COC)C(C)CC. The summed E-state index contributed by atoms with van der Waals surface area (Å²) in [6.07, 6.45) is 3.17. The van der Waals surface area contributed by atoms with Gasteiger partial charge in [0.1, 0.15) is 0 Å². The van der Waals surface area contributed by atoms with E-state index in [1.165, 1.54) is 12.8 Å². The number of hydrogen-bond acceptors (Lipinski definition) is 3. The van der Waals surface area contributed by atoms with Gasteiger partial charge in [-0.05, 0) is 26.3 Å². The molecule has 0 aliphatic carbocycles. The van der Waals surface area contributed by atoms with Gasteiger partial charge in [0.15, 0.2) is 0 Å². The van der Waals surface area contributed by atoms with Crippen molar-refractivity contribution in [3.05, 3.63) is 0 Å². The number of aliphatic hydroxyl groups is 1. The van der Waals surface area contributed by atoms with Gasteiger partial charge in [-0.15, -0.1) is 0 Å².